The highest BCUT2D eigenvalue weighted by Crippen LogP contribution is 2.27. The first-order valence-corrected chi connectivity index (χ1v) is 10.3. The highest BCUT2D eigenvalue weighted by atomic mass is 32.1. The number of likely N-dealkylation sites (tertiary alicyclic amines) is 1. The molecule has 134 valence electrons. The Hall–Kier alpha value is -1.66. The summed E-state index contributed by atoms with van der Waals surface area (Å²) in [6, 6.07) is 2.59. The van der Waals surface area contributed by atoms with Crippen LogP contribution in [0.3, 0.4) is 0 Å². The summed E-state index contributed by atoms with van der Waals surface area (Å²) in [4.78, 5) is 14.9. The lowest BCUT2D eigenvalue weighted by Gasteiger charge is -2.25. The number of carbonyl (C=O) groups is 1. The third-order valence-corrected chi connectivity index (χ3v) is 6.15. The van der Waals surface area contributed by atoms with Crippen molar-refractivity contribution in [3.63, 3.8) is 0 Å². The Bertz CT molecular complexity index is 731. The van der Waals surface area contributed by atoms with Crippen LogP contribution in [0.2, 0.25) is 0 Å². The van der Waals surface area contributed by atoms with E-state index in [1.165, 1.54) is 16.8 Å². The van der Waals surface area contributed by atoms with Crippen LogP contribution in [0, 0.1) is 0 Å². The van der Waals surface area contributed by atoms with Gasteiger partial charge in [-0.05, 0) is 61.4 Å². The van der Waals surface area contributed by atoms with Crippen LogP contribution in [0.15, 0.2) is 16.8 Å². The summed E-state index contributed by atoms with van der Waals surface area (Å²) < 4.78 is 2.05. The van der Waals surface area contributed by atoms with Gasteiger partial charge in [0.1, 0.15) is 0 Å². The number of amides is 1. The lowest BCUT2D eigenvalue weighted by molar-refractivity contribution is 0.0785. The van der Waals surface area contributed by atoms with Gasteiger partial charge in [0, 0.05) is 43.5 Å². The highest BCUT2D eigenvalue weighted by molar-refractivity contribution is 7.07. The molecule has 6 heteroatoms. The molecule has 0 radical (unpaired) electrons. The minimum atomic E-state index is 0.138. The van der Waals surface area contributed by atoms with Crippen molar-refractivity contribution in [2.45, 2.75) is 58.2 Å². The Balaban J connectivity index is 1.52. The van der Waals surface area contributed by atoms with Gasteiger partial charge in [0.15, 0.2) is 5.69 Å². The Morgan fingerprint density at radius 2 is 2.24 bits per heavy atom. The molecule has 1 amide bonds. The topological polar surface area (TPSA) is 50.2 Å². The van der Waals surface area contributed by atoms with Gasteiger partial charge in [0.2, 0.25) is 0 Å². The SMILES string of the molecule is CCn1nc(C(=O)N2CCCC2)c2c1CCC(NCc1ccsc1)C2. The second-order valence-corrected chi connectivity index (χ2v) is 7.82. The molecule has 1 saturated heterocycles. The number of rotatable bonds is 5. The zero-order valence-electron chi connectivity index (χ0n) is 14.8. The van der Waals surface area contributed by atoms with E-state index < -0.39 is 0 Å². The highest BCUT2D eigenvalue weighted by Gasteiger charge is 2.31. The number of fused-ring (bicyclic) bond motifs is 1. The minimum Gasteiger partial charge on any atom is -0.337 e. The lowest BCUT2D eigenvalue weighted by Crippen LogP contribution is -2.35. The molecule has 25 heavy (non-hydrogen) atoms. The molecule has 1 aliphatic heterocycles. The maximum Gasteiger partial charge on any atom is 0.274 e. The minimum absolute atomic E-state index is 0.138. The fraction of sp³-hybridized carbons (Fsp3) is 0.579. The van der Waals surface area contributed by atoms with Crippen molar-refractivity contribution in [1.29, 1.82) is 0 Å². The fourth-order valence-corrected chi connectivity index (χ4v) is 4.69. The number of hydrogen-bond acceptors (Lipinski definition) is 4. The molecule has 2 aromatic rings. The van der Waals surface area contributed by atoms with E-state index in [2.05, 4.69) is 29.1 Å². The average Bonchev–Trinajstić information content (AvgIpc) is 3.39. The Kier molecular flexibility index (Phi) is 4.90. The van der Waals surface area contributed by atoms with Crippen LogP contribution >= 0.6 is 11.3 Å². The first-order valence-electron chi connectivity index (χ1n) is 9.38. The monoisotopic (exact) mass is 358 g/mol. The fourth-order valence-electron chi connectivity index (χ4n) is 4.02. The lowest BCUT2D eigenvalue weighted by atomic mass is 9.91. The average molecular weight is 359 g/mol. The van der Waals surface area contributed by atoms with Crippen molar-refractivity contribution in [3.05, 3.63) is 39.3 Å². The Morgan fingerprint density at radius 1 is 1.40 bits per heavy atom. The van der Waals surface area contributed by atoms with E-state index in [9.17, 15) is 4.79 Å². The van der Waals surface area contributed by atoms with E-state index in [0.717, 1.165) is 58.3 Å². The molecule has 1 N–H and O–H groups in total. The van der Waals surface area contributed by atoms with E-state index in [-0.39, 0.29) is 5.91 Å². The number of carbonyl (C=O) groups excluding carboxylic acids is 1. The molecule has 1 fully saturated rings. The number of hydrogen-bond donors (Lipinski definition) is 1. The number of aromatic nitrogens is 2. The quantitative estimate of drug-likeness (QED) is 0.894. The summed E-state index contributed by atoms with van der Waals surface area (Å²) in [5.74, 6) is 0.138. The molecular weight excluding hydrogens is 332 g/mol. The van der Waals surface area contributed by atoms with Gasteiger partial charge in [-0.2, -0.15) is 16.4 Å². The van der Waals surface area contributed by atoms with Crippen LogP contribution in [0.1, 0.15) is 53.5 Å². The molecule has 2 aliphatic rings. The van der Waals surface area contributed by atoms with Gasteiger partial charge in [0.05, 0.1) is 0 Å². The maximum atomic E-state index is 12.9. The van der Waals surface area contributed by atoms with Crippen LogP contribution in [0.5, 0.6) is 0 Å². The smallest absolute Gasteiger partial charge is 0.274 e. The van der Waals surface area contributed by atoms with Gasteiger partial charge in [0.25, 0.3) is 5.91 Å². The van der Waals surface area contributed by atoms with Crippen LogP contribution in [-0.4, -0.2) is 39.7 Å². The van der Waals surface area contributed by atoms with Crippen LogP contribution in [0.4, 0.5) is 0 Å². The molecule has 5 nitrogen and oxygen atoms in total. The largest absolute Gasteiger partial charge is 0.337 e. The summed E-state index contributed by atoms with van der Waals surface area (Å²) in [7, 11) is 0. The first kappa shape index (κ1) is 16.8. The van der Waals surface area contributed by atoms with E-state index in [1.54, 1.807) is 11.3 Å². The molecule has 2 aromatic heterocycles. The molecule has 0 aromatic carbocycles. The van der Waals surface area contributed by atoms with Crippen LogP contribution in [-0.2, 0) is 25.9 Å². The molecule has 4 rings (SSSR count). The van der Waals surface area contributed by atoms with Crippen molar-refractivity contribution in [2.24, 2.45) is 0 Å². The van der Waals surface area contributed by atoms with E-state index >= 15 is 0 Å². The van der Waals surface area contributed by atoms with Crippen molar-refractivity contribution in [3.8, 4) is 0 Å². The Labute approximate surface area is 153 Å². The summed E-state index contributed by atoms with van der Waals surface area (Å²) in [6.45, 7) is 5.61. The van der Waals surface area contributed by atoms with Gasteiger partial charge in [-0.3, -0.25) is 9.48 Å². The van der Waals surface area contributed by atoms with Crippen LogP contribution < -0.4 is 5.32 Å². The van der Waals surface area contributed by atoms with Crippen molar-refractivity contribution < 1.29 is 4.79 Å². The summed E-state index contributed by atoms with van der Waals surface area (Å²) in [6.07, 6.45) is 5.26. The normalized spacial score (nSPS) is 20.0. The van der Waals surface area contributed by atoms with Gasteiger partial charge in [-0.25, -0.2) is 0 Å². The van der Waals surface area contributed by atoms with Gasteiger partial charge >= 0.3 is 0 Å². The second kappa shape index (κ2) is 7.30. The summed E-state index contributed by atoms with van der Waals surface area (Å²) in [5.41, 5.74) is 4.51. The number of thiophene rings is 1. The molecule has 1 atom stereocenters. The third-order valence-electron chi connectivity index (χ3n) is 5.42. The van der Waals surface area contributed by atoms with Gasteiger partial charge < -0.3 is 10.2 Å². The number of nitrogens with zero attached hydrogens (tertiary/aromatic N) is 3. The predicted molar refractivity (Wildman–Crippen MR) is 100 cm³/mol. The standard InChI is InChI=1S/C19H26N4OS/c1-2-23-17-6-5-15(20-12-14-7-10-25-13-14)11-16(17)18(21-23)19(24)22-8-3-4-9-22/h7,10,13,15,20H,2-6,8-9,11-12H2,1H3. The zero-order valence-corrected chi connectivity index (χ0v) is 15.6. The molecule has 1 unspecified atom stereocenters. The van der Waals surface area contributed by atoms with Crippen molar-refractivity contribution in [1.82, 2.24) is 20.0 Å². The van der Waals surface area contributed by atoms with E-state index in [4.69, 9.17) is 5.10 Å². The zero-order chi connectivity index (χ0) is 17.2. The van der Waals surface area contributed by atoms with Crippen LogP contribution in [0.25, 0.3) is 0 Å². The van der Waals surface area contributed by atoms with Crippen molar-refractivity contribution >= 4 is 17.2 Å². The maximum absolute atomic E-state index is 12.9. The van der Waals surface area contributed by atoms with E-state index in [0.29, 0.717) is 11.7 Å². The summed E-state index contributed by atoms with van der Waals surface area (Å²) >= 11 is 1.74. The first-order chi connectivity index (χ1) is 12.3. The van der Waals surface area contributed by atoms with E-state index in [1.807, 2.05) is 9.58 Å². The number of aryl methyl sites for hydroxylation is 1. The number of nitrogens with one attached hydrogen (secondary N) is 1. The molecule has 1 aliphatic carbocycles. The third kappa shape index (κ3) is 3.37. The second-order valence-electron chi connectivity index (χ2n) is 7.04. The molecule has 3 heterocycles. The predicted octanol–water partition coefficient (Wildman–Crippen LogP) is 2.85. The Morgan fingerprint density at radius 3 is 2.96 bits per heavy atom. The van der Waals surface area contributed by atoms with Gasteiger partial charge in [-0.15, -0.1) is 0 Å². The van der Waals surface area contributed by atoms with Gasteiger partial charge in [-0.1, -0.05) is 0 Å². The molecule has 0 bridgehead atoms. The summed E-state index contributed by atoms with van der Waals surface area (Å²) in [5, 5.41) is 12.7. The van der Waals surface area contributed by atoms with Crippen molar-refractivity contribution in [2.75, 3.05) is 13.1 Å². The molecule has 0 spiro atoms. The molecule has 0 saturated carbocycles. The molecular formula is C19H26N4OS.